The lowest BCUT2D eigenvalue weighted by Crippen LogP contribution is -2.47. The summed E-state index contributed by atoms with van der Waals surface area (Å²) in [6.45, 7) is 5.27. The van der Waals surface area contributed by atoms with E-state index >= 15 is 0 Å². The Labute approximate surface area is 214 Å². The maximum atomic E-state index is 13.3. The van der Waals surface area contributed by atoms with Gasteiger partial charge in [-0.15, -0.1) is 11.3 Å². The monoisotopic (exact) mass is 510 g/mol. The summed E-state index contributed by atoms with van der Waals surface area (Å²) in [7, 11) is 0. The second-order valence-corrected chi connectivity index (χ2v) is 10.4. The second kappa shape index (κ2) is 11.7. The van der Waals surface area contributed by atoms with Crippen LogP contribution in [0.4, 0.5) is 0 Å². The summed E-state index contributed by atoms with van der Waals surface area (Å²) in [4.78, 5) is 53.8. The molecule has 36 heavy (non-hydrogen) atoms. The number of fused-ring (bicyclic) bond motifs is 1. The highest BCUT2D eigenvalue weighted by Gasteiger charge is 2.26. The van der Waals surface area contributed by atoms with Crippen molar-refractivity contribution in [1.29, 1.82) is 0 Å². The first-order chi connectivity index (χ1) is 17.4. The quantitative estimate of drug-likeness (QED) is 0.477. The zero-order valence-electron chi connectivity index (χ0n) is 21.0. The predicted molar refractivity (Wildman–Crippen MR) is 142 cm³/mol. The molecule has 1 atom stereocenters. The van der Waals surface area contributed by atoms with Crippen LogP contribution in [0.1, 0.15) is 56.6 Å². The number of amides is 2. The van der Waals surface area contributed by atoms with Crippen LogP contribution < -0.4 is 16.6 Å². The Morgan fingerprint density at radius 3 is 2.61 bits per heavy atom. The van der Waals surface area contributed by atoms with Crippen molar-refractivity contribution in [3.8, 4) is 0 Å². The largest absolute Gasteiger partial charge is 0.352 e. The molecule has 3 aromatic rings. The molecule has 1 aliphatic heterocycles. The third-order valence-corrected chi connectivity index (χ3v) is 7.84. The van der Waals surface area contributed by atoms with Gasteiger partial charge in [0, 0.05) is 32.1 Å². The Bertz CT molecular complexity index is 1340. The number of aryl methyl sites for hydroxylation is 1. The Kier molecular flexibility index (Phi) is 8.40. The number of likely N-dealkylation sites (tertiary alicyclic amines) is 1. The van der Waals surface area contributed by atoms with E-state index in [-0.39, 0.29) is 42.9 Å². The van der Waals surface area contributed by atoms with Gasteiger partial charge in [-0.05, 0) is 56.0 Å². The lowest BCUT2D eigenvalue weighted by atomic mass is 10.00. The molecule has 4 rings (SSSR count). The van der Waals surface area contributed by atoms with Crippen molar-refractivity contribution in [1.82, 2.24) is 19.4 Å². The van der Waals surface area contributed by atoms with E-state index in [9.17, 15) is 19.2 Å². The highest BCUT2D eigenvalue weighted by atomic mass is 32.1. The van der Waals surface area contributed by atoms with E-state index < -0.39 is 5.69 Å². The van der Waals surface area contributed by atoms with E-state index in [1.54, 1.807) is 11.4 Å². The van der Waals surface area contributed by atoms with E-state index in [0.29, 0.717) is 29.7 Å². The summed E-state index contributed by atoms with van der Waals surface area (Å²) in [6, 6.07) is 9.87. The first-order valence-corrected chi connectivity index (χ1v) is 13.6. The molecule has 2 aromatic heterocycles. The number of nitrogens with one attached hydrogen (secondary N) is 1. The average Bonchev–Trinajstić information content (AvgIpc) is 3.38. The normalized spacial score (nSPS) is 15.8. The summed E-state index contributed by atoms with van der Waals surface area (Å²) in [5.41, 5.74) is 1.81. The first-order valence-electron chi connectivity index (χ1n) is 12.7. The van der Waals surface area contributed by atoms with Crippen LogP contribution in [0, 0.1) is 6.92 Å². The van der Waals surface area contributed by atoms with Crippen LogP contribution in [0.15, 0.2) is 45.3 Å². The van der Waals surface area contributed by atoms with Gasteiger partial charge in [-0.2, -0.15) is 0 Å². The van der Waals surface area contributed by atoms with Crippen LogP contribution in [0.5, 0.6) is 0 Å². The fraction of sp³-hybridized carbons (Fsp3) is 0.481. The van der Waals surface area contributed by atoms with Gasteiger partial charge in [-0.3, -0.25) is 23.5 Å². The smallest absolute Gasteiger partial charge is 0.332 e. The minimum Gasteiger partial charge on any atom is -0.352 e. The van der Waals surface area contributed by atoms with Crippen LogP contribution in [-0.4, -0.2) is 38.4 Å². The van der Waals surface area contributed by atoms with Gasteiger partial charge in [-0.25, -0.2) is 4.79 Å². The Hall–Kier alpha value is -3.20. The highest BCUT2D eigenvalue weighted by Crippen LogP contribution is 2.21. The summed E-state index contributed by atoms with van der Waals surface area (Å²) >= 11 is 1.27. The zero-order chi connectivity index (χ0) is 25.7. The van der Waals surface area contributed by atoms with Crippen molar-refractivity contribution >= 4 is 33.4 Å². The molecule has 8 nitrogen and oxygen atoms in total. The van der Waals surface area contributed by atoms with Crippen molar-refractivity contribution in [3.05, 3.63) is 67.7 Å². The summed E-state index contributed by atoms with van der Waals surface area (Å²) in [6.07, 6.45) is 4.50. The number of hydrogen-bond donors (Lipinski definition) is 1. The summed E-state index contributed by atoms with van der Waals surface area (Å²) in [5, 5.41) is 4.65. The topological polar surface area (TPSA) is 93.4 Å². The molecule has 1 aromatic carbocycles. The zero-order valence-corrected chi connectivity index (χ0v) is 21.8. The minimum absolute atomic E-state index is 0.0834. The number of nitrogens with zero attached hydrogens (tertiary/aromatic N) is 3. The molecule has 1 saturated heterocycles. The molecule has 3 heterocycles. The van der Waals surface area contributed by atoms with Crippen molar-refractivity contribution in [2.24, 2.45) is 0 Å². The molecule has 2 amide bonds. The van der Waals surface area contributed by atoms with Gasteiger partial charge >= 0.3 is 5.69 Å². The van der Waals surface area contributed by atoms with Gasteiger partial charge in [0.05, 0.1) is 5.52 Å². The lowest BCUT2D eigenvalue weighted by Gasteiger charge is -2.35. The van der Waals surface area contributed by atoms with Crippen molar-refractivity contribution in [3.63, 3.8) is 0 Å². The van der Waals surface area contributed by atoms with E-state index in [1.807, 2.05) is 36.1 Å². The Morgan fingerprint density at radius 1 is 1.08 bits per heavy atom. The number of hydrogen-bond acceptors (Lipinski definition) is 5. The van der Waals surface area contributed by atoms with E-state index in [4.69, 9.17) is 0 Å². The van der Waals surface area contributed by atoms with Crippen LogP contribution >= 0.6 is 11.3 Å². The molecule has 0 saturated carbocycles. The molecule has 1 aliphatic rings. The molecule has 0 unspecified atom stereocenters. The van der Waals surface area contributed by atoms with E-state index in [0.717, 1.165) is 36.8 Å². The molecule has 1 N–H and O–H groups in total. The third-order valence-electron chi connectivity index (χ3n) is 6.94. The van der Waals surface area contributed by atoms with Crippen molar-refractivity contribution in [2.75, 3.05) is 6.54 Å². The van der Waals surface area contributed by atoms with Gasteiger partial charge in [0.1, 0.15) is 11.2 Å². The van der Waals surface area contributed by atoms with Crippen LogP contribution in [0.25, 0.3) is 10.2 Å². The number of carbonyl (C=O) groups excluding carboxylic acids is 2. The molecule has 0 spiro atoms. The van der Waals surface area contributed by atoms with E-state index in [2.05, 4.69) is 12.2 Å². The molecular formula is C27H34N4O4S. The number of aromatic nitrogens is 2. The number of benzene rings is 1. The average molecular weight is 511 g/mol. The number of piperidine rings is 1. The fourth-order valence-corrected chi connectivity index (χ4v) is 5.70. The number of carbonyl (C=O) groups is 2. The summed E-state index contributed by atoms with van der Waals surface area (Å²) in [5.74, 6) is -0.219. The standard InChI is InChI=1S/C27H34N4O4S/c1-3-21-7-4-5-14-29(21)24(33)18-31-22-13-16-36-25(22)26(34)30(27(31)35)15-6-8-23(32)28-17-20-11-9-19(2)10-12-20/h9-13,16,21H,3-8,14-15,17-18H2,1-2H3,(H,28,32)/t21-/m1/s1. The number of thiophene rings is 1. The molecular weight excluding hydrogens is 476 g/mol. The molecule has 9 heteroatoms. The molecule has 1 fully saturated rings. The van der Waals surface area contributed by atoms with Crippen LogP contribution in [0.3, 0.4) is 0 Å². The fourth-order valence-electron chi connectivity index (χ4n) is 4.86. The van der Waals surface area contributed by atoms with Crippen LogP contribution in [-0.2, 0) is 29.2 Å². The van der Waals surface area contributed by atoms with Gasteiger partial charge in [0.2, 0.25) is 11.8 Å². The highest BCUT2D eigenvalue weighted by molar-refractivity contribution is 7.17. The lowest BCUT2D eigenvalue weighted by molar-refractivity contribution is -0.135. The summed E-state index contributed by atoms with van der Waals surface area (Å²) < 4.78 is 3.05. The molecule has 192 valence electrons. The Morgan fingerprint density at radius 2 is 1.86 bits per heavy atom. The van der Waals surface area contributed by atoms with Gasteiger partial charge in [0.15, 0.2) is 0 Å². The van der Waals surface area contributed by atoms with Crippen molar-refractivity contribution < 1.29 is 9.59 Å². The molecule has 0 aliphatic carbocycles. The Balaban J connectivity index is 1.45. The predicted octanol–water partition coefficient (Wildman–Crippen LogP) is 3.42. The van der Waals surface area contributed by atoms with Gasteiger partial charge in [-0.1, -0.05) is 36.8 Å². The second-order valence-electron chi connectivity index (χ2n) is 9.47. The van der Waals surface area contributed by atoms with E-state index in [1.165, 1.54) is 20.5 Å². The third kappa shape index (κ3) is 5.78. The molecule has 0 bridgehead atoms. The maximum absolute atomic E-state index is 13.3. The SMILES string of the molecule is CC[C@@H]1CCCCN1C(=O)Cn1c(=O)n(CCCC(=O)NCc2ccc(C)cc2)c(=O)c2sccc21. The van der Waals surface area contributed by atoms with Crippen LogP contribution in [0.2, 0.25) is 0 Å². The van der Waals surface area contributed by atoms with Crippen molar-refractivity contribution in [2.45, 2.75) is 78.0 Å². The van der Waals surface area contributed by atoms with Gasteiger partial charge in [0.25, 0.3) is 5.56 Å². The maximum Gasteiger partial charge on any atom is 0.332 e. The minimum atomic E-state index is -0.496. The first kappa shape index (κ1) is 25.9. The van der Waals surface area contributed by atoms with Gasteiger partial charge < -0.3 is 10.2 Å². The molecule has 0 radical (unpaired) electrons. The number of rotatable bonds is 9.